The molecule has 0 heterocycles. The molecule has 0 atom stereocenters. The SMILES string of the molecule is N=N.N=N.Nc1cc(S(=O)(=O)O)cc2cc(S(=O)(=O)O)cc(O)c12.O=S(=O)(O)OCCS(=O)(=O)c1ccccc1.O=S(=O)(O)OCCS(=O)(=O)c1ccccc1.[Na].[Na].[Na].[Na]. The van der Waals surface area contributed by atoms with Crippen molar-refractivity contribution in [2.45, 2.75) is 19.6 Å². The Balaban J connectivity index is -0.000000236. The van der Waals surface area contributed by atoms with Crippen LogP contribution in [0.1, 0.15) is 0 Å². The Hall–Kier alpha value is -0.600. The standard InChI is InChI=1S/C10H9NO7S2.2C8H10O6S2.2H2N2.4Na/c11-8-3-6(19(13,14)15)1-5-2-7(20(16,17)18)4-9(12)10(5)8;2*9-15(10,7-6-14-16(11,12)13)8-4-2-1-3-5-8;2*1-2;;;;/h1-4,12H,11H2,(H,13,14,15)(H,16,17,18);2*1-5H,6-7H2,(H,11,12,13);2*1-2H;;;;. The van der Waals surface area contributed by atoms with Crippen molar-refractivity contribution in [3.63, 3.8) is 0 Å². The second kappa shape index (κ2) is 30.5. The number of nitrogen functional groups attached to an aromatic ring is 1. The van der Waals surface area contributed by atoms with Crippen molar-refractivity contribution in [2.24, 2.45) is 0 Å². The van der Waals surface area contributed by atoms with Crippen molar-refractivity contribution >= 4 is 195 Å². The van der Waals surface area contributed by atoms with E-state index in [0.29, 0.717) is 0 Å². The van der Waals surface area contributed by atoms with Crippen LogP contribution in [0.25, 0.3) is 10.8 Å². The first-order valence-corrected chi connectivity index (χ1v) is 22.8. The molecule has 0 saturated heterocycles. The van der Waals surface area contributed by atoms with E-state index in [0.717, 1.165) is 24.3 Å². The second-order valence-electron chi connectivity index (χ2n) is 9.77. The van der Waals surface area contributed by atoms with Crippen LogP contribution in [0.2, 0.25) is 0 Å². The van der Waals surface area contributed by atoms with Crippen LogP contribution in [0.4, 0.5) is 5.69 Å². The number of phenolic OH excluding ortho intramolecular Hbond substituents is 1. The number of fused-ring (bicyclic) bond motifs is 1. The molecule has 4 radical (unpaired) electrons. The number of benzene rings is 4. The second-order valence-corrected chi connectivity index (χ2v) is 19.0. The van der Waals surface area contributed by atoms with Crippen LogP contribution in [0.3, 0.4) is 0 Å². The van der Waals surface area contributed by atoms with Crippen LogP contribution in [-0.2, 0) is 69.1 Å². The van der Waals surface area contributed by atoms with Gasteiger partial charge in [0.15, 0.2) is 19.7 Å². The molecule has 0 aliphatic carbocycles. The smallest absolute Gasteiger partial charge is 0.397 e. The average molecular weight is 1000 g/mol. The number of nitrogens with two attached hydrogens (primary N) is 1. The third-order valence-electron chi connectivity index (χ3n) is 5.97. The summed E-state index contributed by atoms with van der Waals surface area (Å²) in [4.78, 5) is -1.04. The van der Waals surface area contributed by atoms with E-state index in [2.05, 4.69) is 8.37 Å². The first-order valence-electron chi connectivity index (χ1n) is 13.9. The number of anilines is 1. The normalized spacial score (nSPS) is 11.1. The number of rotatable bonds is 12. The van der Waals surface area contributed by atoms with E-state index in [1.54, 1.807) is 36.4 Å². The van der Waals surface area contributed by atoms with E-state index < -0.39 is 101 Å². The zero-order valence-corrected chi connectivity index (χ0v) is 44.8. The van der Waals surface area contributed by atoms with Gasteiger partial charge in [-0.1, -0.05) is 36.4 Å². The molecule has 0 aromatic heterocycles. The Morgan fingerprint density at radius 3 is 1.07 bits per heavy atom. The van der Waals surface area contributed by atoms with Crippen LogP contribution >= 0.6 is 0 Å². The minimum atomic E-state index is -4.59. The molecular formula is C26H33N5Na4O19S6. The van der Waals surface area contributed by atoms with E-state index in [4.69, 9.17) is 46.1 Å². The molecule has 316 valence electrons. The van der Waals surface area contributed by atoms with Crippen LogP contribution in [-0.4, -0.2) is 217 Å². The molecular weight excluding hydrogens is 971 g/mol. The van der Waals surface area contributed by atoms with Gasteiger partial charge in [-0.3, -0.25) is 18.2 Å². The fourth-order valence-electron chi connectivity index (χ4n) is 3.76. The molecule has 4 rings (SSSR count). The Morgan fingerprint density at radius 1 is 0.483 bits per heavy atom. The first kappa shape index (κ1) is 68.5. The van der Waals surface area contributed by atoms with Gasteiger partial charge in [0.1, 0.15) is 5.75 Å². The summed E-state index contributed by atoms with van der Waals surface area (Å²) in [6, 6.07) is 18.6. The Bertz CT molecular complexity index is 2440. The van der Waals surface area contributed by atoms with Crippen molar-refractivity contribution in [3.05, 3.63) is 84.9 Å². The first-order chi connectivity index (χ1) is 25.6. The quantitative estimate of drug-likeness (QED) is 0.0407. The third kappa shape index (κ3) is 26.3. The molecule has 0 spiro atoms. The molecule has 60 heavy (non-hydrogen) atoms. The van der Waals surface area contributed by atoms with Gasteiger partial charge in [0.05, 0.1) is 44.3 Å². The number of nitrogens with one attached hydrogen (secondary N) is 4. The predicted molar refractivity (Wildman–Crippen MR) is 216 cm³/mol. The van der Waals surface area contributed by atoms with Crippen LogP contribution < -0.4 is 5.73 Å². The zero-order chi connectivity index (χ0) is 43.8. The third-order valence-corrected chi connectivity index (χ3v) is 12.0. The largest absolute Gasteiger partial charge is 0.507 e. The zero-order valence-electron chi connectivity index (χ0n) is 31.9. The van der Waals surface area contributed by atoms with Crippen molar-refractivity contribution in [2.75, 3.05) is 30.5 Å². The van der Waals surface area contributed by atoms with Gasteiger partial charge in [0.25, 0.3) is 20.2 Å². The molecule has 4 aromatic carbocycles. The maximum atomic E-state index is 11.6. The van der Waals surface area contributed by atoms with Gasteiger partial charge >= 0.3 is 20.8 Å². The minimum Gasteiger partial charge on any atom is -0.507 e. The van der Waals surface area contributed by atoms with E-state index in [1.807, 2.05) is 0 Å². The van der Waals surface area contributed by atoms with Crippen molar-refractivity contribution in [1.82, 2.24) is 0 Å². The van der Waals surface area contributed by atoms with Crippen molar-refractivity contribution in [1.29, 1.82) is 22.1 Å². The summed E-state index contributed by atoms with van der Waals surface area (Å²) < 4.78 is 173. The molecule has 4 aromatic rings. The van der Waals surface area contributed by atoms with Crippen LogP contribution in [0.15, 0.2) is 105 Å². The Morgan fingerprint density at radius 2 is 0.783 bits per heavy atom. The molecule has 24 nitrogen and oxygen atoms in total. The monoisotopic (exact) mass is 1000 g/mol. The van der Waals surface area contributed by atoms with Crippen molar-refractivity contribution in [3.8, 4) is 5.75 Å². The van der Waals surface area contributed by atoms with Gasteiger partial charge in [0.2, 0.25) is 0 Å². The summed E-state index contributed by atoms with van der Waals surface area (Å²) in [6.45, 7) is -1.23. The molecule has 0 aliphatic rings. The predicted octanol–water partition coefficient (Wildman–Crippen LogP) is 0.849. The van der Waals surface area contributed by atoms with E-state index >= 15 is 0 Å². The summed E-state index contributed by atoms with van der Waals surface area (Å²) in [5.74, 6) is -1.58. The number of sulfone groups is 2. The molecule has 0 unspecified atom stereocenters. The number of hydrogen-bond acceptors (Lipinski definition) is 20. The summed E-state index contributed by atoms with van der Waals surface area (Å²) in [5.41, 5.74) is 25.4. The van der Waals surface area contributed by atoms with E-state index in [9.17, 15) is 55.6 Å². The average Bonchev–Trinajstić information content (AvgIpc) is 3.09. The van der Waals surface area contributed by atoms with Crippen LogP contribution in [0.5, 0.6) is 5.75 Å². The maximum Gasteiger partial charge on any atom is 0.397 e. The maximum absolute atomic E-state index is 11.6. The topological polar surface area (TPSA) is 446 Å². The summed E-state index contributed by atoms with van der Waals surface area (Å²) in [5, 5.41) is 9.66. The van der Waals surface area contributed by atoms with E-state index in [-0.39, 0.29) is 144 Å². The van der Waals surface area contributed by atoms with Gasteiger partial charge in [-0.05, 0) is 47.9 Å². The van der Waals surface area contributed by atoms with E-state index in [1.165, 1.54) is 24.3 Å². The summed E-state index contributed by atoms with van der Waals surface area (Å²) >= 11 is 0. The molecule has 11 N–H and O–H groups in total. The van der Waals surface area contributed by atoms with Crippen LogP contribution in [0, 0.1) is 22.1 Å². The Kier molecular flexibility index (Phi) is 34.8. The molecule has 0 amide bonds. The number of hydrogen-bond donors (Lipinski definition) is 10. The van der Waals surface area contributed by atoms with Gasteiger partial charge in [-0.2, -0.15) is 33.7 Å². The number of phenols is 1. The molecule has 0 fully saturated rings. The molecule has 0 bridgehead atoms. The van der Waals surface area contributed by atoms with Gasteiger partial charge in [0, 0.05) is 135 Å². The van der Waals surface area contributed by atoms with Crippen molar-refractivity contribution < 1.29 is 82.2 Å². The van der Waals surface area contributed by atoms with Gasteiger partial charge < -0.3 is 10.8 Å². The molecule has 0 aliphatic heterocycles. The number of aromatic hydroxyl groups is 1. The van der Waals surface area contributed by atoms with Gasteiger partial charge in [-0.15, -0.1) is 0 Å². The summed E-state index contributed by atoms with van der Waals surface area (Å²) in [7, 11) is -25.5. The molecule has 0 saturated carbocycles. The minimum absolute atomic E-state index is 0. The van der Waals surface area contributed by atoms with Gasteiger partial charge in [-0.25, -0.2) is 47.3 Å². The Labute approximate surface area is 434 Å². The fraction of sp³-hybridized carbons (Fsp3) is 0.154. The fourth-order valence-corrected chi connectivity index (χ4v) is 7.87. The summed E-state index contributed by atoms with van der Waals surface area (Å²) in [6.07, 6.45) is 0. The molecule has 34 heteroatoms.